The standard InChI is InChI=1S/C14H23NO4/c1-14(2,3)19-13(17)15-6-4-10(5-7-15)12(16)11-8-18-9-11/h10-11H,4-9H2,1-3H3. The summed E-state index contributed by atoms with van der Waals surface area (Å²) in [7, 11) is 0. The number of rotatable bonds is 2. The molecule has 5 heteroatoms. The van der Waals surface area contributed by atoms with Crippen LogP contribution in [0.1, 0.15) is 33.6 Å². The summed E-state index contributed by atoms with van der Waals surface area (Å²) in [5.41, 5.74) is -0.465. The molecule has 108 valence electrons. The van der Waals surface area contributed by atoms with Gasteiger partial charge in [0, 0.05) is 19.0 Å². The molecule has 0 atom stereocenters. The van der Waals surface area contributed by atoms with Crippen molar-refractivity contribution >= 4 is 11.9 Å². The summed E-state index contributed by atoms with van der Waals surface area (Å²) >= 11 is 0. The summed E-state index contributed by atoms with van der Waals surface area (Å²) in [6, 6.07) is 0. The van der Waals surface area contributed by atoms with E-state index in [4.69, 9.17) is 9.47 Å². The van der Waals surface area contributed by atoms with Gasteiger partial charge in [0.25, 0.3) is 0 Å². The maximum atomic E-state index is 12.1. The molecular formula is C14H23NO4. The first-order chi connectivity index (χ1) is 8.87. The SMILES string of the molecule is CC(C)(C)OC(=O)N1CCC(C(=O)C2COC2)CC1. The van der Waals surface area contributed by atoms with Crippen molar-refractivity contribution in [3.63, 3.8) is 0 Å². The largest absolute Gasteiger partial charge is 0.444 e. The number of ketones is 1. The predicted octanol–water partition coefficient (Wildman–Crippen LogP) is 1.85. The molecule has 2 heterocycles. The maximum Gasteiger partial charge on any atom is 0.410 e. The molecule has 2 aliphatic heterocycles. The first-order valence-electron chi connectivity index (χ1n) is 6.96. The number of carbonyl (C=O) groups is 2. The van der Waals surface area contributed by atoms with Gasteiger partial charge in [-0.05, 0) is 33.6 Å². The van der Waals surface area contributed by atoms with Crippen molar-refractivity contribution in [3.05, 3.63) is 0 Å². The second kappa shape index (κ2) is 5.49. The number of Topliss-reactive ketones (excluding diaryl/α,β-unsaturated/α-hetero) is 1. The van der Waals surface area contributed by atoms with Crippen molar-refractivity contribution < 1.29 is 19.1 Å². The Balaban J connectivity index is 1.78. The molecule has 0 aromatic carbocycles. The third-order valence-electron chi connectivity index (χ3n) is 3.59. The third-order valence-corrected chi connectivity index (χ3v) is 3.59. The average Bonchev–Trinajstić information content (AvgIpc) is 2.24. The summed E-state index contributed by atoms with van der Waals surface area (Å²) in [5.74, 6) is 0.501. The average molecular weight is 269 g/mol. The van der Waals surface area contributed by atoms with E-state index in [0.717, 1.165) is 12.8 Å². The van der Waals surface area contributed by atoms with Gasteiger partial charge in [-0.15, -0.1) is 0 Å². The van der Waals surface area contributed by atoms with Crippen LogP contribution >= 0.6 is 0 Å². The highest BCUT2D eigenvalue weighted by molar-refractivity contribution is 5.84. The molecule has 0 aromatic rings. The zero-order chi connectivity index (χ0) is 14.0. The lowest BCUT2D eigenvalue weighted by Gasteiger charge is -2.35. The van der Waals surface area contributed by atoms with Crippen LogP contribution in [0.25, 0.3) is 0 Å². The van der Waals surface area contributed by atoms with Crippen LogP contribution in [-0.4, -0.2) is 48.7 Å². The van der Waals surface area contributed by atoms with Gasteiger partial charge in [-0.2, -0.15) is 0 Å². The first-order valence-corrected chi connectivity index (χ1v) is 6.96. The number of ether oxygens (including phenoxy) is 2. The quantitative estimate of drug-likeness (QED) is 0.767. The van der Waals surface area contributed by atoms with Crippen molar-refractivity contribution in [2.45, 2.75) is 39.2 Å². The number of hydrogen-bond donors (Lipinski definition) is 0. The van der Waals surface area contributed by atoms with E-state index in [1.165, 1.54) is 0 Å². The molecule has 2 aliphatic rings. The Kier molecular flexibility index (Phi) is 4.13. The van der Waals surface area contributed by atoms with Gasteiger partial charge in [0.2, 0.25) is 0 Å². The summed E-state index contributed by atoms with van der Waals surface area (Å²) in [5, 5.41) is 0. The zero-order valence-corrected chi connectivity index (χ0v) is 12.0. The molecule has 0 radical (unpaired) electrons. The molecule has 0 unspecified atom stereocenters. The highest BCUT2D eigenvalue weighted by Crippen LogP contribution is 2.25. The van der Waals surface area contributed by atoms with E-state index in [9.17, 15) is 9.59 Å². The van der Waals surface area contributed by atoms with E-state index in [1.807, 2.05) is 20.8 Å². The second-order valence-electron chi connectivity index (χ2n) is 6.38. The van der Waals surface area contributed by atoms with Gasteiger partial charge in [-0.1, -0.05) is 0 Å². The lowest BCUT2D eigenvalue weighted by molar-refractivity contribution is -0.142. The fraction of sp³-hybridized carbons (Fsp3) is 0.857. The summed E-state index contributed by atoms with van der Waals surface area (Å²) in [6.45, 7) is 7.95. The van der Waals surface area contributed by atoms with Crippen LogP contribution in [0, 0.1) is 11.8 Å². The van der Waals surface area contributed by atoms with Gasteiger partial charge >= 0.3 is 6.09 Å². The van der Waals surface area contributed by atoms with Crippen LogP contribution in [0.15, 0.2) is 0 Å². The number of piperidine rings is 1. The van der Waals surface area contributed by atoms with Crippen molar-refractivity contribution in [2.24, 2.45) is 11.8 Å². The van der Waals surface area contributed by atoms with Gasteiger partial charge in [0.05, 0.1) is 19.1 Å². The minimum atomic E-state index is -0.465. The van der Waals surface area contributed by atoms with Gasteiger partial charge < -0.3 is 14.4 Å². The Bertz CT molecular complexity index is 349. The first kappa shape index (κ1) is 14.3. The molecule has 0 spiro atoms. The summed E-state index contributed by atoms with van der Waals surface area (Å²) in [6.07, 6.45) is 1.22. The van der Waals surface area contributed by atoms with E-state index in [1.54, 1.807) is 4.90 Å². The van der Waals surface area contributed by atoms with Crippen LogP contribution in [-0.2, 0) is 14.3 Å². The molecular weight excluding hydrogens is 246 g/mol. The van der Waals surface area contributed by atoms with Crippen LogP contribution in [0.5, 0.6) is 0 Å². The number of carbonyl (C=O) groups excluding carboxylic acids is 2. The van der Waals surface area contributed by atoms with E-state index in [2.05, 4.69) is 0 Å². The molecule has 2 fully saturated rings. The molecule has 0 aromatic heterocycles. The topological polar surface area (TPSA) is 55.8 Å². The second-order valence-corrected chi connectivity index (χ2v) is 6.38. The Morgan fingerprint density at radius 2 is 1.68 bits per heavy atom. The van der Waals surface area contributed by atoms with Crippen molar-refractivity contribution in [3.8, 4) is 0 Å². The summed E-state index contributed by atoms with van der Waals surface area (Å²) in [4.78, 5) is 25.7. The number of amides is 1. The van der Waals surface area contributed by atoms with Crippen molar-refractivity contribution in [2.75, 3.05) is 26.3 Å². The zero-order valence-electron chi connectivity index (χ0n) is 12.0. The molecule has 5 nitrogen and oxygen atoms in total. The highest BCUT2D eigenvalue weighted by Gasteiger charge is 2.35. The fourth-order valence-electron chi connectivity index (χ4n) is 2.41. The van der Waals surface area contributed by atoms with Crippen molar-refractivity contribution in [1.82, 2.24) is 4.90 Å². The predicted molar refractivity (Wildman–Crippen MR) is 69.8 cm³/mol. The van der Waals surface area contributed by atoms with Crippen molar-refractivity contribution in [1.29, 1.82) is 0 Å². The maximum absolute atomic E-state index is 12.1. The van der Waals surface area contributed by atoms with E-state index in [-0.39, 0.29) is 17.9 Å². The number of likely N-dealkylation sites (tertiary alicyclic amines) is 1. The van der Waals surface area contributed by atoms with E-state index < -0.39 is 5.60 Å². The smallest absolute Gasteiger partial charge is 0.410 e. The monoisotopic (exact) mass is 269 g/mol. The van der Waals surface area contributed by atoms with Crippen LogP contribution in [0.3, 0.4) is 0 Å². The van der Waals surface area contributed by atoms with E-state index in [0.29, 0.717) is 32.1 Å². The molecule has 0 N–H and O–H groups in total. The van der Waals surface area contributed by atoms with Crippen LogP contribution < -0.4 is 0 Å². The number of nitrogens with zero attached hydrogens (tertiary/aromatic N) is 1. The minimum Gasteiger partial charge on any atom is -0.444 e. The Hall–Kier alpha value is -1.10. The van der Waals surface area contributed by atoms with Gasteiger partial charge in [0.15, 0.2) is 0 Å². The lowest BCUT2D eigenvalue weighted by Crippen LogP contribution is -2.46. The van der Waals surface area contributed by atoms with Gasteiger partial charge in [0.1, 0.15) is 11.4 Å². The molecule has 0 bridgehead atoms. The molecule has 19 heavy (non-hydrogen) atoms. The normalized spacial score (nSPS) is 21.9. The summed E-state index contributed by atoms with van der Waals surface area (Å²) < 4.78 is 10.4. The fourth-order valence-corrected chi connectivity index (χ4v) is 2.41. The third kappa shape index (κ3) is 3.69. The lowest BCUT2D eigenvalue weighted by atomic mass is 9.85. The molecule has 1 amide bonds. The highest BCUT2D eigenvalue weighted by atomic mass is 16.6. The Morgan fingerprint density at radius 3 is 2.11 bits per heavy atom. The molecule has 2 rings (SSSR count). The molecule has 0 aliphatic carbocycles. The van der Waals surface area contributed by atoms with E-state index >= 15 is 0 Å². The molecule has 2 saturated heterocycles. The van der Waals surface area contributed by atoms with Crippen LogP contribution in [0.4, 0.5) is 4.79 Å². The Labute approximate surface area is 114 Å². The number of hydrogen-bond acceptors (Lipinski definition) is 4. The van der Waals surface area contributed by atoms with Crippen LogP contribution in [0.2, 0.25) is 0 Å². The minimum absolute atomic E-state index is 0.0904. The van der Waals surface area contributed by atoms with Gasteiger partial charge in [-0.3, -0.25) is 4.79 Å². The van der Waals surface area contributed by atoms with Gasteiger partial charge in [-0.25, -0.2) is 4.79 Å². The Morgan fingerprint density at radius 1 is 1.11 bits per heavy atom. The molecule has 0 saturated carbocycles.